The van der Waals surface area contributed by atoms with Crippen molar-refractivity contribution in [1.82, 2.24) is 0 Å². The van der Waals surface area contributed by atoms with Gasteiger partial charge in [-0.05, 0) is 44.2 Å². The van der Waals surface area contributed by atoms with Crippen molar-refractivity contribution in [3.63, 3.8) is 0 Å². The van der Waals surface area contributed by atoms with Crippen molar-refractivity contribution < 1.29 is 8.42 Å². The molecular formula is C25H42O2S. The maximum Gasteiger partial charge on any atom is 0.184 e. The third-order valence-electron chi connectivity index (χ3n) is 6.65. The van der Waals surface area contributed by atoms with E-state index in [9.17, 15) is 8.42 Å². The summed E-state index contributed by atoms with van der Waals surface area (Å²) in [5.41, 5.74) is 1.12. The lowest BCUT2D eigenvalue weighted by atomic mass is 10.0. The van der Waals surface area contributed by atoms with Crippen LogP contribution in [-0.4, -0.2) is 13.2 Å². The van der Waals surface area contributed by atoms with Crippen LogP contribution in [0.3, 0.4) is 0 Å². The normalized spacial score (nSPS) is 21.8. The minimum absolute atomic E-state index is 0.370. The summed E-state index contributed by atoms with van der Waals surface area (Å²) in [6.45, 7) is 6.47. The van der Waals surface area contributed by atoms with Gasteiger partial charge in [0.15, 0.2) is 9.84 Å². The second-order valence-corrected chi connectivity index (χ2v) is 11.3. The van der Waals surface area contributed by atoms with Gasteiger partial charge in [-0.25, -0.2) is 8.42 Å². The maximum absolute atomic E-state index is 13.5. The maximum atomic E-state index is 13.5. The summed E-state index contributed by atoms with van der Waals surface area (Å²) in [5.74, 6) is 0.370. The van der Waals surface area contributed by atoms with Gasteiger partial charge >= 0.3 is 0 Å². The number of aryl methyl sites for hydroxylation is 1. The first-order valence-corrected chi connectivity index (χ1v) is 13.3. The average Bonchev–Trinajstić information content (AvgIpc) is 3.39. The van der Waals surface area contributed by atoms with Crippen molar-refractivity contribution in [2.75, 3.05) is 0 Å². The number of rotatable bonds is 15. The number of hydrogen-bond donors (Lipinski definition) is 0. The predicted octanol–water partition coefficient (Wildman–Crippen LogP) is 7.64. The van der Waals surface area contributed by atoms with Gasteiger partial charge in [-0.2, -0.15) is 0 Å². The van der Waals surface area contributed by atoms with E-state index < -0.39 is 14.6 Å². The van der Waals surface area contributed by atoms with Gasteiger partial charge in [0.25, 0.3) is 0 Å². The van der Waals surface area contributed by atoms with E-state index in [2.05, 4.69) is 13.8 Å². The monoisotopic (exact) mass is 406 g/mol. The molecule has 2 atom stereocenters. The van der Waals surface area contributed by atoms with Gasteiger partial charge < -0.3 is 0 Å². The van der Waals surface area contributed by atoms with Crippen LogP contribution >= 0.6 is 0 Å². The minimum Gasteiger partial charge on any atom is -0.223 e. The molecule has 0 heterocycles. The molecule has 160 valence electrons. The summed E-state index contributed by atoms with van der Waals surface area (Å²) in [4.78, 5) is 0.538. The summed E-state index contributed by atoms with van der Waals surface area (Å²) in [5, 5.41) is 0. The number of benzene rings is 1. The molecule has 28 heavy (non-hydrogen) atoms. The highest BCUT2D eigenvalue weighted by molar-refractivity contribution is 7.93. The Morgan fingerprint density at radius 3 is 1.96 bits per heavy atom. The topological polar surface area (TPSA) is 34.1 Å². The Hall–Kier alpha value is -0.830. The fourth-order valence-electron chi connectivity index (χ4n) is 4.64. The fourth-order valence-corrected chi connectivity index (χ4v) is 7.00. The van der Waals surface area contributed by atoms with E-state index >= 15 is 0 Å². The van der Waals surface area contributed by atoms with Crippen molar-refractivity contribution in [2.45, 2.75) is 120 Å². The Morgan fingerprint density at radius 2 is 1.36 bits per heavy atom. The molecule has 3 heteroatoms. The third kappa shape index (κ3) is 6.08. The van der Waals surface area contributed by atoms with E-state index in [1.807, 2.05) is 31.2 Å². The lowest BCUT2D eigenvalue weighted by molar-refractivity contribution is 0.506. The fraction of sp³-hybridized carbons (Fsp3) is 0.760. The summed E-state index contributed by atoms with van der Waals surface area (Å²) < 4.78 is 26.5. The molecule has 0 amide bonds. The lowest BCUT2D eigenvalue weighted by Gasteiger charge is -2.19. The summed E-state index contributed by atoms with van der Waals surface area (Å²) >= 11 is 0. The van der Waals surface area contributed by atoms with E-state index in [0.717, 1.165) is 31.2 Å². The predicted molar refractivity (Wildman–Crippen MR) is 121 cm³/mol. The van der Waals surface area contributed by atoms with Crippen molar-refractivity contribution in [1.29, 1.82) is 0 Å². The minimum atomic E-state index is -3.24. The number of hydrogen-bond acceptors (Lipinski definition) is 2. The zero-order chi connectivity index (χ0) is 20.5. The van der Waals surface area contributed by atoms with Crippen LogP contribution in [-0.2, 0) is 9.84 Å². The third-order valence-corrected chi connectivity index (χ3v) is 9.32. The second kappa shape index (κ2) is 11.4. The Labute approximate surface area is 174 Å². The SMILES string of the molecule is CCCCCCCCCC[C@@]1(S(=O)(=O)c2ccc(C)cc2)C[C@H]1CCCCC. The van der Waals surface area contributed by atoms with Gasteiger partial charge in [0, 0.05) is 0 Å². The van der Waals surface area contributed by atoms with Crippen LogP contribution in [0, 0.1) is 12.8 Å². The van der Waals surface area contributed by atoms with Crippen molar-refractivity contribution >= 4 is 9.84 Å². The van der Waals surface area contributed by atoms with Crippen LogP contribution in [0.25, 0.3) is 0 Å². The van der Waals surface area contributed by atoms with Crippen molar-refractivity contribution in [3.05, 3.63) is 29.8 Å². The van der Waals surface area contributed by atoms with Crippen LogP contribution < -0.4 is 0 Å². The molecule has 0 radical (unpaired) electrons. The van der Waals surface area contributed by atoms with Crippen LogP contribution in [0.2, 0.25) is 0 Å². The lowest BCUT2D eigenvalue weighted by Crippen LogP contribution is -2.26. The van der Waals surface area contributed by atoms with Gasteiger partial charge in [-0.1, -0.05) is 102 Å². The Kier molecular flexibility index (Phi) is 9.53. The van der Waals surface area contributed by atoms with Crippen LogP contribution in [0.4, 0.5) is 0 Å². The average molecular weight is 407 g/mol. The zero-order valence-corrected chi connectivity index (χ0v) is 19.3. The number of unbranched alkanes of at least 4 members (excludes halogenated alkanes) is 9. The van der Waals surface area contributed by atoms with E-state index in [0.29, 0.717) is 10.8 Å². The van der Waals surface area contributed by atoms with E-state index in [-0.39, 0.29) is 0 Å². The molecule has 1 aromatic carbocycles. The molecule has 0 unspecified atom stereocenters. The van der Waals surface area contributed by atoms with E-state index in [4.69, 9.17) is 0 Å². The standard InChI is InChI=1S/C25H42O2S/c1-4-6-8-9-10-11-12-14-20-25(21-23(25)15-13-7-5-2)28(26,27)24-18-16-22(3)17-19-24/h16-19,23H,4-15,20-21H2,1-3H3/t23-,25-/m1/s1. The molecule has 0 aromatic heterocycles. The van der Waals surface area contributed by atoms with E-state index in [1.54, 1.807) is 0 Å². The highest BCUT2D eigenvalue weighted by Crippen LogP contribution is 2.58. The van der Waals surface area contributed by atoms with E-state index in [1.165, 1.54) is 64.2 Å². The quantitative estimate of drug-likeness (QED) is 0.280. The van der Waals surface area contributed by atoms with Crippen LogP contribution in [0.1, 0.15) is 109 Å². The van der Waals surface area contributed by atoms with Gasteiger partial charge in [0.05, 0.1) is 9.64 Å². The second-order valence-electron chi connectivity index (χ2n) is 9.00. The smallest absolute Gasteiger partial charge is 0.184 e. The molecule has 1 aliphatic carbocycles. The molecule has 0 aliphatic heterocycles. The first kappa shape index (κ1) is 23.4. The van der Waals surface area contributed by atoms with Gasteiger partial charge in [0.2, 0.25) is 0 Å². The van der Waals surface area contributed by atoms with Crippen LogP contribution in [0.5, 0.6) is 0 Å². The molecule has 0 saturated heterocycles. The molecule has 1 saturated carbocycles. The molecule has 0 N–H and O–H groups in total. The summed E-state index contributed by atoms with van der Waals surface area (Å²) in [7, 11) is -3.24. The summed E-state index contributed by atoms with van der Waals surface area (Å²) in [6, 6.07) is 7.51. The Balaban J connectivity index is 1.94. The molecule has 1 fully saturated rings. The first-order chi connectivity index (χ1) is 13.5. The first-order valence-electron chi connectivity index (χ1n) is 11.8. The molecule has 1 aliphatic rings. The number of sulfone groups is 1. The molecule has 1 aromatic rings. The highest BCUT2D eigenvalue weighted by atomic mass is 32.2. The molecule has 0 spiro atoms. The molecular weight excluding hydrogens is 364 g/mol. The highest BCUT2D eigenvalue weighted by Gasteiger charge is 2.62. The van der Waals surface area contributed by atoms with Gasteiger partial charge in [-0.15, -0.1) is 0 Å². The largest absolute Gasteiger partial charge is 0.223 e. The summed E-state index contributed by atoms with van der Waals surface area (Å²) in [6.07, 6.45) is 16.5. The molecule has 0 bridgehead atoms. The van der Waals surface area contributed by atoms with Crippen molar-refractivity contribution in [2.24, 2.45) is 5.92 Å². The van der Waals surface area contributed by atoms with Crippen molar-refractivity contribution in [3.8, 4) is 0 Å². The Bertz CT molecular complexity index is 662. The molecule has 2 nitrogen and oxygen atoms in total. The van der Waals surface area contributed by atoms with Gasteiger partial charge in [-0.3, -0.25) is 0 Å². The zero-order valence-electron chi connectivity index (χ0n) is 18.5. The van der Waals surface area contributed by atoms with Gasteiger partial charge in [0.1, 0.15) is 0 Å². The van der Waals surface area contributed by atoms with Crippen LogP contribution in [0.15, 0.2) is 29.2 Å². The molecule has 2 rings (SSSR count). The Morgan fingerprint density at radius 1 is 0.821 bits per heavy atom.